The molecule has 4 aromatic rings. The number of hydrazine groups is 1. The third kappa shape index (κ3) is 4.70. The minimum absolute atomic E-state index is 0.264. The molecule has 2 N–H and O–H groups in total. The number of hydrogen-bond acceptors (Lipinski definition) is 4. The average molecular weight is 413 g/mol. The zero-order valence-corrected chi connectivity index (χ0v) is 16.6. The van der Waals surface area contributed by atoms with Crippen LogP contribution in [0.25, 0.3) is 16.6 Å². The lowest BCUT2D eigenvalue weighted by atomic mass is 10.1. The molecule has 154 valence electrons. The van der Waals surface area contributed by atoms with Crippen LogP contribution >= 0.6 is 0 Å². The summed E-state index contributed by atoms with van der Waals surface area (Å²) in [6.45, 7) is 4.10. The number of rotatable bonds is 7. The molecular formula is C25H20FN3O2. The molecule has 0 unspecified atom stereocenters. The number of benzene rings is 3. The number of halogens is 1. The molecular weight excluding hydrogens is 393 g/mol. The Kier molecular flexibility index (Phi) is 5.89. The number of para-hydroxylation sites is 1. The van der Waals surface area contributed by atoms with Crippen molar-refractivity contribution in [3.8, 4) is 5.75 Å². The van der Waals surface area contributed by atoms with E-state index < -0.39 is 5.82 Å². The van der Waals surface area contributed by atoms with Crippen molar-refractivity contribution in [2.75, 3.05) is 0 Å². The maximum atomic E-state index is 13.8. The quantitative estimate of drug-likeness (QED) is 0.425. The molecule has 0 atom stereocenters. The number of nitrogens with one attached hydrogen (secondary N) is 2. The summed E-state index contributed by atoms with van der Waals surface area (Å²) in [7, 11) is 0. The second-order valence-corrected chi connectivity index (χ2v) is 6.85. The normalized spacial score (nSPS) is 10.5. The van der Waals surface area contributed by atoms with Crippen molar-refractivity contribution < 1.29 is 13.9 Å². The molecule has 0 aliphatic heterocycles. The smallest absolute Gasteiger partial charge is 0.269 e. The lowest BCUT2D eigenvalue weighted by Gasteiger charge is -2.12. The van der Waals surface area contributed by atoms with Crippen LogP contribution < -0.4 is 15.6 Å². The van der Waals surface area contributed by atoms with Gasteiger partial charge in [-0.15, -0.1) is 0 Å². The van der Waals surface area contributed by atoms with Gasteiger partial charge in [-0.25, -0.2) is 4.39 Å². The summed E-state index contributed by atoms with van der Waals surface area (Å²) in [6, 6.07) is 22.9. The Morgan fingerprint density at radius 2 is 1.71 bits per heavy atom. The molecule has 31 heavy (non-hydrogen) atoms. The molecule has 1 amide bonds. The lowest BCUT2D eigenvalue weighted by Crippen LogP contribution is -2.36. The van der Waals surface area contributed by atoms with Crippen LogP contribution in [0.4, 0.5) is 4.39 Å². The number of pyridine rings is 1. The fourth-order valence-electron chi connectivity index (χ4n) is 3.08. The van der Waals surface area contributed by atoms with E-state index in [0.29, 0.717) is 23.5 Å². The monoisotopic (exact) mass is 413 g/mol. The van der Waals surface area contributed by atoms with Crippen molar-refractivity contribution in [2.45, 2.75) is 6.61 Å². The van der Waals surface area contributed by atoms with Gasteiger partial charge in [0.15, 0.2) is 0 Å². The van der Waals surface area contributed by atoms with E-state index in [0.717, 1.165) is 16.5 Å². The topological polar surface area (TPSA) is 63.2 Å². The number of nitrogens with zero attached hydrogens (tertiary/aromatic N) is 1. The van der Waals surface area contributed by atoms with Crippen LogP contribution in [0.1, 0.15) is 21.5 Å². The maximum absolute atomic E-state index is 13.8. The summed E-state index contributed by atoms with van der Waals surface area (Å²) in [6.07, 6.45) is 1.73. The predicted molar refractivity (Wildman–Crippen MR) is 119 cm³/mol. The summed E-state index contributed by atoms with van der Waals surface area (Å²) in [4.78, 5) is 16.7. The van der Waals surface area contributed by atoms with E-state index in [4.69, 9.17) is 4.74 Å². The molecule has 1 heterocycles. The highest BCUT2D eigenvalue weighted by molar-refractivity contribution is 5.94. The fourth-order valence-corrected chi connectivity index (χ4v) is 3.08. The Bertz CT molecular complexity index is 1230. The van der Waals surface area contributed by atoms with Crippen molar-refractivity contribution in [1.29, 1.82) is 0 Å². The molecule has 5 nitrogen and oxygen atoms in total. The maximum Gasteiger partial charge on any atom is 0.269 e. The first kappa shape index (κ1) is 20.1. The van der Waals surface area contributed by atoms with Gasteiger partial charge in [0.1, 0.15) is 23.7 Å². The Balaban J connectivity index is 1.35. The number of aromatic nitrogens is 1. The first-order valence-electron chi connectivity index (χ1n) is 9.67. The van der Waals surface area contributed by atoms with Crippen LogP contribution in [0.3, 0.4) is 0 Å². The molecule has 0 spiro atoms. The molecule has 0 radical (unpaired) electrons. The van der Waals surface area contributed by atoms with Crippen molar-refractivity contribution in [1.82, 2.24) is 15.8 Å². The van der Waals surface area contributed by atoms with Crippen molar-refractivity contribution in [3.63, 3.8) is 0 Å². The zero-order chi connectivity index (χ0) is 21.6. The predicted octanol–water partition coefficient (Wildman–Crippen LogP) is 4.86. The van der Waals surface area contributed by atoms with Gasteiger partial charge in [0, 0.05) is 22.7 Å². The molecule has 1 aromatic heterocycles. The Labute approximate surface area is 179 Å². The molecule has 0 saturated heterocycles. The van der Waals surface area contributed by atoms with Crippen LogP contribution in [-0.4, -0.2) is 10.9 Å². The molecule has 0 saturated carbocycles. The third-order valence-electron chi connectivity index (χ3n) is 4.73. The van der Waals surface area contributed by atoms with Gasteiger partial charge in [-0.3, -0.25) is 20.6 Å². The highest BCUT2D eigenvalue weighted by atomic mass is 19.1. The molecule has 0 bridgehead atoms. The third-order valence-corrected chi connectivity index (χ3v) is 4.73. The first-order chi connectivity index (χ1) is 15.1. The number of ether oxygens (including phenoxy) is 1. The van der Waals surface area contributed by atoms with E-state index in [1.807, 2.05) is 42.5 Å². The second kappa shape index (κ2) is 9.09. The van der Waals surface area contributed by atoms with Crippen molar-refractivity contribution in [2.24, 2.45) is 0 Å². The number of hydrogen-bond donors (Lipinski definition) is 2. The summed E-state index contributed by atoms with van der Waals surface area (Å²) in [5.74, 6) is -0.0704. The van der Waals surface area contributed by atoms with E-state index in [1.165, 1.54) is 6.07 Å². The highest BCUT2D eigenvalue weighted by Crippen LogP contribution is 2.24. The van der Waals surface area contributed by atoms with Gasteiger partial charge in [-0.1, -0.05) is 49.0 Å². The SMILES string of the molecule is C=C(NNC(=O)c1ccc(COc2cccc3cccnc23)cc1)c1ccccc1F. The largest absolute Gasteiger partial charge is 0.487 e. The van der Waals surface area contributed by atoms with Gasteiger partial charge in [0.2, 0.25) is 0 Å². The Hall–Kier alpha value is -4.19. The number of carbonyl (C=O) groups is 1. The van der Waals surface area contributed by atoms with Crippen molar-refractivity contribution in [3.05, 3.63) is 114 Å². The van der Waals surface area contributed by atoms with E-state index in [9.17, 15) is 9.18 Å². The number of amides is 1. The van der Waals surface area contributed by atoms with E-state index >= 15 is 0 Å². The zero-order valence-electron chi connectivity index (χ0n) is 16.6. The number of fused-ring (bicyclic) bond motifs is 1. The second-order valence-electron chi connectivity index (χ2n) is 6.85. The van der Waals surface area contributed by atoms with Crippen molar-refractivity contribution >= 4 is 22.5 Å². The van der Waals surface area contributed by atoms with Gasteiger partial charge in [-0.2, -0.15) is 0 Å². The van der Waals surface area contributed by atoms with Crippen LogP contribution in [-0.2, 0) is 6.61 Å². The minimum Gasteiger partial charge on any atom is -0.487 e. The van der Waals surface area contributed by atoms with Gasteiger partial charge >= 0.3 is 0 Å². The van der Waals surface area contributed by atoms with E-state index in [1.54, 1.807) is 36.5 Å². The van der Waals surface area contributed by atoms with Crippen LogP contribution in [0.5, 0.6) is 5.75 Å². The van der Waals surface area contributed by atoms with Gasteiger partial charge in [-0.05, 0) is 42.0 Å². The summed E-state index contributed by atoms with van der Waals surface area (Å²) in [5.41, 5.74) is 7.90. The van der Waals surface area contributed by atoms with Crippen LogP contribution in [0.2, 0.25) is 0 Å². The lowest BCUT2D eigenvalue weighted by molar-refractivity contribution is 0.0942. The molecule has 0 aliphatic rings. The molecule has 0 aliphatic carbocycles. The van der Waals surface area contributed by atoms with Gasteiger partial charge < -0.3 is 4.74 Å². The minimum atomic E-state index is -0.417. The standard InChI is InChI=1S/C25H20FN3O2/c1-17(21-8-2-3-9-22(21)26)28-29-25(30)20-13-11-18(12-14-20)16-31-23-10-4-6-19-7-5-15-27-24(19)23/h2-15,28H,1,16H2,(H,29,30). The van der Waals surface area contributed by atoms with E-state index in [-0.39, 0.29) is 11.6 Å². The Morgan fingerprint density at radius 3 is 2.52 bits per heavy atom. The first-order valence-corrected chi connectivity index (χ1v) is 9.67. The average Bonchev–Trinajstić information content (AvgIpc) is 2.81. The summed E-state index contributed by atoms with van der Waals surface area (Å²) < 4.78 is 19.7. The Morgan fingerprint density at radius 1 is 0.935 bits per heavy atom. The van der Waals surface area contributed by atoms with Gasteiger partial charge in [0.25, 0.3) is 5.91 Å². The fraction of sp³-hybridized carbons (Fsp3) is 0.0400. The molecule has 3 aromatic carbocycles. The molecule has 6 heteroatoms. The van der Waals surface area contributed by atoms with Crippen LogP contribution in [0, 0.1) is 5.82 Å². The molecule has 4 rings (SSSR count). The summed E-state index contributed by atoms with van der Waals surface area (Å²) in [5, 5.41) is 1.01. The van der Waals surface area contributed by atoms with Crippen LogP contribution in [0.15, 0.2) is 91.6 Å². The van der Waals surface area contributed by atoms with E-state index in [2.05, 4.69) is 22.4 Å². The molecule has 0 fully saturated rings. The summed E-state index contributed by atoms with van der Waals surface area (Å²) >= 11 is 0. The van der Waals surface area contributed by atoms with Gasteiger partial charge in [0.05, 0.1) is 5.70 Å². The number of carbonyl (C=O) groups excluding carboxylic acids is 1. The highest BCUT2D eigenvalue weighted by Gasteiger charge is 2.09.